The van der Waals surface area contributed by atoms with Crippen LogP contribution in [0.5, 0.6) is 5.75 Å². The van der Waals surface area contributed by atoms with Crippen molar-refractivity contribution in [1.82, 2.24) is 19.4 Å². The molecule has 5 rings (SSSR count). The molecule has 0 atom stereocenters. The smallest absolute Gasteiger partial charge is 0.387 e. The summed E-state index contributed by atoms with van der Waals surface area (Å²) in [4.78, 5) is 36.2. The number of nitrogens with zero attached hydrogens (tertiary/aromatic N) is 5. The van der Waals surface area contributed by atoms with Crippen molar-refractivity contribution in [2.24, 2.45) is 7.05 Å². The molecule has 2 aromatic carbocycles. The van der Waals surface area contributed by atoms with E-state index in [9.17, 15) is 18.4 Å². The molecule has 0 bridgehead atoms. The van der Waals surface area contributed by atoms with Gasteiger partial charge in [0.15, 0.2) is 5.75 Å². The van der Waals surface area contributed by atoms with Crippen molar-refractivity contribution in [1.29, 1.82) is 0 Å². The van der Waals surface area contributed by atoms with Gasteiger partial charge in [0.2, 0.25) is 11.9 Å². The van der Waals surface area contributed by atoms with E-state index in [1.165, 1.54) is 12.1 Å². The molecular weight excluding hydrogens is 572 g/mol. The van der Waals surface area contributed by atoms with Crippen LogP contribution in [0.1, 0.15) is 0 Å². The number of carbonyl (C=O) groups is 1. The molecule has 228 valence electrons. The molecule has 13 heteroatoms. The highest BCUT2D eigenvalue weighted by Gasteiger charge is 2.21. The second kappa shape index (κ2) is 13.4. The summed E-state index contributed by atoms with van der Waals surface area (Å²) < 4.78 is 39.4. The fourth-order valence-electron chi connectivity index (χ4n) is 5.00. The summed E-state index contributed by atoms with van der Waals surface area (Å²) in [6, 6.07) is 12.5. The Balaban J connectivity index is 1.48. The first-order valence-corrected chi connectivity index (χ1v) is 13.8. The van der Waals surface area contributed by atoms with Gasteiger partial charge in [-0.3, -0.25) is 4.79 Å². The van der Waals surface area contributed by atoms with Crippen LogP contribution >= 0.6 is 0 Å². The fraction of sp³-hybridized carbons (Fsp3) is 0.258. The maximum atomic E-state index is 13.6. The van der Waals surface area contributed by atoms with Crippen molar-refractivity contribution < 1.29 is 27.8 Å². The van der Waals surface area contributed by atoms with Gasteiger partial charge in [0.1, 0.15) is 11.6 Å². The lowest BCUT2D eigenvalue weighted by molar-refractivity contribution is -0.111. The van der Waals surface area contributed by atoms with Crippen molar-refractivity contribution in [2.75, 3.05) is 55.4 Å². The van der Waals surface area contributed by atoms with Crippen LogP contribution in [0, 0.1) is 0 Å². The molecule has 44 heavy (non-hydrogen) atoms. The number of hydrogen-bond donors (Lipinski definition) is 2. The number of halogens is 2. The number of aryl methyl sites for hydroxylation is 1. The number of ether oxygens (including phenoxy) is 2. The molecule has 4 aromatic rings. The van der Waals surface area contributed by atoms with Gasteiger partial charge in [-0.25, -0.2) is 14.8 Å². The van der Waals surface area contributed by atoms with Crippen LogP contribution in [0.4, 0.5) is 31.8 Å². The molecule has 1 saturated heterocycles. The van der Waals surface area contributed by atoms with Gasteiger partial charge in [0.05, 0.1) is 36.0 Å². The third-order valence-corrected chi connectivity index (χ3v) is 7.19. The molecule has 11 nitrogen and oxygen atoms in total. The zero-order chi connectivity index (χ0) is 31.2. The van der Waals surface area contributed by atoms with E-state index in [0.717, 1.165) is 22.5 Å². The second-order valence-electron chi connectivity index (χ2n) is 10.0. The predicted octanol–water partition coefficient (Wildman–Crippen LogP) is 4.59. The number of anilines is 4. The Morgan fingerprint density at radius 3 is 2.86 bits per heavy atom. The van der Waals surface area contributed by atoms with Crippen LogP contribution in [0.15, 0.2) is 73.2 Å². The van der Waals surface area contributed by atoms with Gasteiger partial charge in [-0.1, -0.05) is 24.8 Å². The van der Waals surface area contributed by atoms with E-state index in [2.05, 4.69) is 27.2 Å². The maximum absolute atomic E-state index is 13.6. The van der Waals surface area contributed by atoms with E-state index in [4.69, 9.17) is 9.47 Å². The number of benzene rings is 2. The van der Waals surface area contributed by atoms with Crippen LogP contribution in [0.25, 0.3) is 22.2 Å². The Hall–Kier alpha value is -5.26. The van der Waals surface area contributed by atoms with Gasteiger partial charge in [0, 0.05) is 68.7 Å². The molecule has 0 saturated carbocycles. The molecule has 0 aliphatic carbocycles. The highest BCUT2D eigenvalue weighted by Crippen LogP contribution is 2.39. The minimum Gasteiger partial charge on any atom is -0.433 e. The number of fused-ring (bicyclic) bond motifs is 1. The first-order chi connectivity index (χ1) is 21.3. The number of morpholine rings is 1. The molecule has 0 radical (unpaired) electrons. The van der Waals surface area contributed by atoms with Crippen LogP contribution in [-0.4, -0.2) is 77.8 Å². The number of carbonyl (C=O) groups excluding carboxylic acids is 2. The normalized spacial score (nSPS) is 13.1. The molecule has 1 aliphatic rings. The number of likely N-dealkylation sites (N-methyl/N-ethyl adjacent to an activating group) is 1. The Morgan fingerprint density at radius 2 is 2.09 bits per heavy atom. The van der Waals surface area contributed by atoms with Crippen molar-refractivity contribution in [3.63, 3.8) is 0 Å². The molecule has 0 spiro atoms. The van der Waals surface area contributed by atoms with Crippen LogP contribution in [0.3, 0.4) is 0 Å². The highest BCUT2D eigenvalue weighted by atomic mass is 19.3. The van der Waals surface area contributed by atoms with E-state index in [-0.39, 0.29) is 24.0 Å². The summed E-state index contributed by atoms with van der Waals surface area (Å²) in [6.07, 6.45) is 4.63. The Bertz CT molecular complexity index is 1740. The van der Waals surface area contributed by atoms with E-state index in [1.807, 2.05) is 52.9 Å². The Labute approximate surface area is 252 Å². The topological polar surface area (TPSA) is 114 Å². The quantitative estimate of drug-likeness (QED) is 0.188. The maximum Gasteiger partial charge on any atom is 0.387 e. The molecule has 0 unspecified atom stereocenters. The monoisotopic (exact) mass is 603 g/mol. The lowest BCUT2D eigenvalue weighted by Crippen LogP contribution is -2.39. The average Bonchev–Trinajstić information content (AvgIpc) is 3.37. The summed E-state index contributed by atoms with van der Waals surface area (Å²) in [6.45, 7) is 2.34. The lowest BCUT2D eigenvalue weighted by atomic mass is 10.1. The van der Waals surface area contributed by atoms with Crippen molar-refractivity contribution in [3.05, 3.63) is 73.2 Å². The minimum absolute atomic E-state index is 0.108. The summed E-state index contributed by atoms with van der Waals surface area (Å²) in [7, 11) is 3.68. The molecular formula is C31H31F2N7O4. The summed E-state index contributed by atoms with van der Waals surface area (Å²) in [5.74, 6) is 1.36. The lowest BCUT2D eigenvalue weighted by Gasteiger charge is -2.32. The third kappa shape index (κ3) is 6.69. The molecule has 2 aromatic heterocycles. The zero-order valence-corrected chi connectivity index (χ0v) is 24.2. The molecule has 1 amide bonds. The average molecular weight is 604 g/mol. The first kappa shape index (κ1) is 30.2. The van der Waals surface area contributed by atoms with Gasteiger partial charge in [-0.05, 0) is 24.3 Å². The van der Waals surface area contributed by atoms with Crippen LogP contribution < -0.4 is 20.3 Å². The van der Waals surface area contributed by atoms with Gasteiger partial charge in [-0.15, -0.1) is 0 Å². The molecule has 1 fully saturated rings. The van der Waals surface area contributed by atoms with Crippen LogP contribution in [0.2, 0.25) is 0 Å². The largest absolute Gasteiger partial charge is 0.433 e. The predicted molar refractivity (Wildman–Crippen MR) is 164 cm³/mol. The summed E-state index contributed by atoms with van der Waals surface area (Å²) >= 11 is 0. The standard InChI is InChI=1S/C31H31F2N7O4/c1-4-29(42)35-24-15-25(37-31-34-10-9-23(36-31)22-17-39(3)26-8-6-5-7-21(22)26)28(44-30(32)33)16-27(24)38(2)11-12-40-13-14-43-19-20(40)18-41/h4-10,15-17,30H,1,11-14,19H2,2-3H3,(H,35,42)(H,34,36,37). The van der Waals surface area contributed by atoms with Crippen LogP contribution in [-0.2, 0) is 21.4 Å². The fourth-order valence-corrected chi connectivity index (χ4v) is 5.00. The highest BCUT2D eigenvalue weighted by molar-refractivity contribution is 6.02. The minimum atomic E-state index is -3.13. The summed E-state index contributed by atoms with van der Waals surface area (Å²) in [5.41, 5.74) is 3.74. The number of rotatable bonds is 11. The second-order valence-corrected chi connectivity index (χ2v) is 10.0. The number of nitrogens with one attached hydrogen (secondary N) is 2. The van der Waals surface area contributed by atoms with Gasteiger partial charge in [0.25, 0.3) is 0 Å². The molecule has 1 aliphatic heterocycles. The van der Waals surface area contributed by atoms with Gasteiger partial charge >= 0.3 is 6.61 Å². The van der Waals surface area contributed by atoms with E-state index in [0.29, 0.717) is 49.0 Å². The third-order valence-electron chi connectivity index (χ3n) is 7.19. The number of para-hydroxylation sites is 1. The number of amides is 1. The number of alkyl halides is 2. The van der Waals surface area contributed by atoms with Crippen molar-refractivity contribution in [3.8, 4) is 17.0 Å². The number of aromatic nitrogens is 3. The number of hydrogen-bond acceptors (Lipinski definition) is 9. The van der Waals surface area contributed by atoms with E-state index < -0.39 is 12.5 Å². The van der Waals surface area contributed by atoms with Crippen molar-refractivity contribution in [2.45, 2.75) is 6.61 Å². The van der Waals surface area contributed by atoms with E-state index >= 15 is 0 Å². The van der Waals surface area contributed by atoms with Crippen molar-refractivity contribution >= 4 is 45.8 Å². The Kier molecular flexibility index (Phi) is 9.17. The summed E-state index contributed by atoms with van der Waals surface area (Å²) in [5, 5.41) is 6.72. The zero-order valence-electron chi connectivity index (χ0n) is 24.2. The first-order valence-electron chi connectivity index (χ1n) is 13.8. The Morgan fingerprint density at radius 1 is 1.27 bits per heavy atom. The van der Waals surface area contributed by atoms with Gasteiger partial charge in [-0.2, -0.15) is 8.78 Å². The van der Waals surface area contributed by atoms with Gasteiger partial charge < -0.3 is 34.5 Å². The molecule has 3 heterocycles. The molecule has 2 N–H and O–H groups in total. The SMILES string of the molecule is C=CC(=O)Nc1cc(Nc2nccc(-c3cn(C)c4ccccc34)n2)c(OC(F)F)cc1N(C)CCN1CCOCC1=C=O. The van der Waals surface area contributed by atoms with E-state index in [1.54, 1.807) is 24.2 Å².